The number of aromatic amines is 1. The van der Waals surface area contributed by atoms with Crippen molar-refractivity contribution in [2.24, 2.45) is 0 Å². The molecule has 4 aromatic rings. The fourth-order valence-corrected chi connectivity index (χ4v) is 4.91. The normalized spacial score (nSPS) is 12.1. The molecule has 0 aliphatic rings. The molecule has 0 aliphatic heterocycles. The van der Waals surface area contributed by atoms with Gasteiger partial charge in [-0.2, -0.15) is 4.98 Å². The average Bonchev–Trinajstić information content (AvgIpc) is 3.28. The Hall–Kier alpha value is -3.72. The van der Waals surface area contributed by atoms with E-state index < -0.39 is 10.8 Å². The summed E-state index contributed by atoms with van der Waals surface area (Å²) >= 11 is 0. The number of anilines is 4. The van der Waals surface area contributed by atoms with E-state index in [0.717, 1.165) is 44.5 Å². The zero-order valence-corrected chi connectivity index (χ0v) is 23.2. The summed E-state index contributed by atoms with van der Waals surface area (Å²) in [6.07, 6.45) is 3.58. The number of benzene rings is 2. The molecular formula is C28H34N6O2S. The molecule has 0 saturated carbocycles. The number of hydrogen-bond donors (Lipinski definition) is 3. The molecule has 0 fully saturated rings. The van der Waals surface area contributed by atoms with Crippen LogP contribution in [-0.2, 0) is 10.8 Å². The molecule has 0 aliphatic carbocycles. The maximum absolute atomic E-state index is 12.9. The van der Waals surface area contributed by atoms with Crippen LogP contribution in [0.3, 0.4) is 0 Å². The fraction of sp³-hybridized carbons (Fsp3) is 0.321. The molecule has 9 heteroatoms. The number of ether oxygens (including phenoxy) is 1. The van der Waals surface area contributed by atoms with Gasteiger partial charge in [-0.3, -0.25) is 4.21 Å². The second-order valence-corrected chi connectivity index (χ2v) is 11.5. The van der Waals surface area contributed by atoms with Gasteiger partial charge in [-0.1, -0.05) is 26.0 Å². The van der Waals surface area contributed by atoms with Crippen molar-refractivity contribution < 1.29 is 8.95 Å². The summed E-state index contributed by atoms with van der Waals surface area (Å²) in [6.45, 7) is 13.8. The molecule has 194 valence electrons. The Morgan fingerprint density at radius 1 is 0.919 bits per heavy atom. The lowest BCUT2D eigenvalue weighted by Crippen LogP contribution is -2.10. The van der Waals surface area contributed by atoms with Crippen LogP contribution in [0, 0.1) is 20.8 Å². The summed E-state index contributed by atoms with van der Waals surface area (Å²) in [7, 11) is -1.14. The first kappa shape index (κ1) is 26.3. The third kappa shape index (κ3) is 6.17. The predicted molar refractivity (Wildman–Crippen MR) is 151 cm³/mol. The van der Waals surface area contributed by atoms with Crippen LogP contribution in [0.5, 0.6) is 5.75 Å². The Kier molecular flexibility index (Phi) is 7.92. The molecule has 37 heavy (non-hydrogen) atoms. The van der Waals surface area contributed by atoms with Crippen LogP contribution in [0.25, 0.3) is 11.3 Å². The number of hydrogen-bond acceptors (Lipinski definition) is 7. The van der Waals surface area contributed by atoms with Gasteiger partial charge in [0.15, 0.2) is 0 Å². The highest BCUT2D eigenvalue weighted by Gasteiger charge is 2.17. The molecule has 0 spiro atoms. The minimum Gasteiger partial charge on any atom is -0.489 e. The summed E-state index contributed by atoms with van der Waals surface area (Å²) in [5.74, 6) is 2.61. The number of aryl methyl sites for hydroxylation is 3. The lowest BCUT2D eigenvalue weighted by molar-refractivity contribution is 0.243. The SMILES string of the molecule is Cc1ncc(-c2cc(Nc3ncc(C)c(Nc4ccccc4S(=O)C(C)C)n3)c(OC(C)C)cc2C)[nH]1. The molecule has 0 bridgehead atoms. The highest BCUT2D eigenvalue weighted by atomic mass is 32.2. The average molecular weight is 519 g/mol. The molecule has 3 N–H and O–H groups in total. The monoisotopic (exact) mass is 518 g/mol. The van der Waals surface area contributed by atoms with Crippen LogP contribution in [0.4, 0.5) is 23.1 Å². The predicted octanol–water partition coefficient (Wildman–Crippen LogP) is 6.58. The fourth-order valence-electron chi connectivity index (χ4n) is 3.85. The van der Waals surface area contributed by atoms with E-state index in [-0.39, 0.29) is 11.4 Å². The Morgan fingerprint density at radius 3 is 2.35 bits per heavy atom. The molecule has 1 unspecified atom stereocenters. The molecule has 1 atom stereocenters. The first-order valence-corrected chi connectivity index (χ1v) is 13.5. The van der Waals surface area contributed by atoms with Gasteiger partial charge in [-0.15, -0.1) is 0 Å². The molecule has 4 rings (SSSR count). The second kappa shape index (κ2) is 11.1. The van der Waals surface area contributed by atoms with Gasteiger partial charge in [0.1, 0.15) is 17.4 Å². The lowest BCUT2D eigenvalue weighted by Gasteiger charge is -2.18. The zero-order valence-electron chi connectivity index (χ0n) is 22.3. The number of aromatic nitrogens is 4. The van der Waals surface area contributed by atoms with Gasteiger partial charge in [-0.25, -0.2) is 9.97 Å². The van der Waals surface area contributed by atoms with Gasteiger partial charge in [0, 0.05) is 22.6 Å². The van der Waals surface area contributed by atoms with Gasteiger partial charge in [0.05, 0.1) is 45.1 Å². The number of nitrogens with one attached hydrogen (secondary N) is 3. The quantitative estimate of drug-likeness (QED) is 0.230. The summed E-state index contributed by atoms with van der Waals surface area (Å²) in [5, 5.41) is 6.72. The van der Waals surface area contributed by atoms with Crippen molar-refractivity contribution in [1.82, 2.24) is 19.9 Å². The molecule has 0 radical (unpaired) electrons. The molecular weight excluding hydrogens is 484 g/mol. The van der Waals surface area contributed by atoms with E-state index >= 15 is 0 Å². The minimum atomic E-state index is -1.14. The van der Waals surface area contributed by atoms with Crippen molar-refractivity contribution in [3.63, 3.8) is 0 Å². The third-order valence-electron chi connectivity index (χ3n) is 5.69. The Morgan fingerprint density at radius 2 is 1.68 bits per heavy atom. The minimum absolute atomic E-state index is 0.000412. The van der Waals surface area contributed by atoms with Crippen LogP contribution in [0.15, 0.2) is 53.7 Å². The summed E-state index contributed by atoms with van der Waals surface area (Å²) in [6, 6.07) is 11.6. The Balaban J connectivity index is 1.70. The van der Waals surface area contributed by atoms with Crippen LogP contribution in [0.1, 0.15) is 44.6 Å². The van der Waals surface area contributed by atoms with E-state index in [1.807, 2.05) is 91.1 Å². The van der Waals surface area contributed by atoms with Crippen molar-refractivity contribution in [2.75, 3.05) is 10.6 Å². The molecule has 0 saturated heterocycles. The summed E-state index contributed by atoms with van der Waals surface area (Å²) in [4.78, 5) is 17.7. The number of rotatable bonds is 9. The van der Waals surface area contributed by atoms with Crippen LogP contribution in [0.2, 0.25) is 0 Å². The van der Waals surface area contributed by atoms with Gasteiger partial charge in [0.25, 0.3) is 0 Å². The lowest BCUT2D eigenvalue weighted by atomic mass is 10.0. The van der Waals surface area contributed by atoms with Gasteiger partial charge >= 0.3 is 0 Å². The van der Waals surface area contributed by atoms with E-state index in [9.17, 15) is 4.21 Å². The van der Waals surface area contributed by atoms with Crippen molar-refractivity contribution >= 4 is 33.9 Å². The maximum atomic E-state index is 12.9. The van der Waals surface area contributed by atoms with Crippen molar-refractivity contribution in [3.8, 4) is 17.0 Å². The highest BCUT2D eigenvalue weighted by molar-refractivity contribution is 7.85. The number of H-pyrrole nitrogens is 1. The zero-order chi connectivity index (χ0) is 26.7. The van der Waals surface area contributed by atoms with Crippen molar-refractivity contribution in [3.05, 3.63) is 65.7 Å². The largest absolute Gasteiger partial charge is 0.489 e. The van der Waals surface area contributed by atoms with E-state index in [4.69, 9.17) is 9.72 Å². The second-order valence-electron chi connectivity index (χ2n) is 9.53. The maximum Gasteiger partial charge on any atom is 0.229 e. The number of para-hydroxylation sites is 1. The molecule has 2 heterocycles. The van der Waals surface area contributed by atoms with E-state index in [2.05, 4.69) is 25.6 Å². The van der Waals surface area contributed by atoms with Gasteiger partial charge in [-0.05, 0) is 64.4 Å². The molecule has 0 amide bonds. The first-order chi connectivity index (χ1) is 17.6. The van der Waals surface area contributed by atoms with E-state index in [1.54, 1.807) is 6.20 Å². The standard InChI is InChI=1S/C28H34N6O2S/c1-16(2)36-25-12-18(5)21(24-15-29-20(7)31-24)13-23(25)33-28-30-14-19(6)27(34-28)32-22-10-8-9-11-26(22)37(35)17(3)4/h8-17H,1-7H3,(H,29,31)(H2,30,32,33,34). The third-order valence-corrected chi connectivity index (χ3v) is 7.33. The van der Waals surface area contributed by atoms with Crippen molar-refractivity contribution in [1.29, 1.82) is 0 Å². The summed E-state index contributed by atoms with van der Waals surface area (Å²) < 4.78 is 19.0. The van der Waals surface area contributed by atoms with Crippen LogP contribution in [-0.4, -0.2) is 35.5 Å². The van der Waals surface area contributed by atoms with E-state index in [0.29, 0.717) is 17.5 Å². The van der Waals surface area contributed by atoms with E-state index in [1.165, 1.54) is 0 Å². The Labute approximate surface area is 220 Å². The molecule has 8 nitrogen and oxygen atoms in total. The van der Waals surface area contributed by atoms with Crippen LogP contribution >= 0.6 is 0 Å². The number of imidazole rings is 1. The first-order valence-electron chi connectivity index (χ1n) is 12.3. The smallest absolute Gasteiger partial charge is 0.229 e. The topological polar surface area (TPSA) is 105 Å². The highest BCUT2D eigenvalue weighted by Crippen LogP contribution is 2.36. The van der Waals surface area contributed by atoms with Crippen molar-refractivity contribution in [2.45, 2.75) is 64.7 Å². The molecule has 2 aromatic carbocycles. The molecule has 2 aromatic heterocycles. The van der Waals surface area contributed by atoms with Gasteiger partial charge in [0.2, 0.25) is 5.95 Å². The number of nitrogens with zero attached hydrogens (tertiary/aromatic N) is 3. The summed E-state index contributed by atoms with van der Waals surface area (Å²) in [5.41, 5.74) is 5.38. The van der Waals surface area contributed by atoms with Gasteiger partial charge < -0.3 is 20.4 Å². The van der Waals surface area contributed by atoms with Crippen LogP contribution < -0.4 is 15.4 Å². The Bertz CT molecular complexity index is 1430.